The summed E-state index contributed by atoms with van der Waals surface area (Å²) in [7, 11) is 0. The molecule has 1 aliphatic heterocycles. The predicted octanol–water partition coefficient (Wildman–Crippen LogP) is 4.91. The van der Waals surface area contributed by atoms with E-state index in [1.165, 1.54) is 34.8 Å². The SMILES string of the molecule is Cc1ccc(C)c(CCn2c(Sc3cc4c(cc3Br)OCO4)nc3c(N)ncnc32)c1. The number of hydrogen-bond donors (Lipinski definition) is 1. The minimum Gasteiger partial charge on any atom is -0.454 e. The Hall–Kier alpha value is -2.78. The zero-order valence-corrected chi connectivity index (χ0v) is 19.5. The highest BCUT2D eigenvalue weighted by Gasteiger charge is 2.21. The average Bonchev–Trinajstić information content (AvgIpc) is 3.34. The van der Waals surface area contributed by atoms with E-state index in [4.69, 9.17) is 20.2 Å². The minimum atomic E-state index is 0.233. The summed E-state index contributed by atoms with van der Waals surface area (Å²) in [5.41, 5.74) is 11.3. The lowest BCUT2D eigenvalue weighted by Gasteiger charge is -2.12. The van der Waals surface area contributed by atoms with Gasteiger partial charge < -0.3 is 19.8 Å². The Morgan fingerprint density at radius 2 is 1.94 bits per heavy atom. The monoisotopic (exact) mass is 497 g/mol. The summed E-state index contributed by atoms with van der Waals surface area (Å²) in [4.78, 5) is 14.3. The fourth-order valence-corrected chi connectivity index (χ4v) is 5.10. The number of nitrogen functional groups attached to an aromatic ring is 1. The lowest BCUT2D eigenvalue weighted by atomic mass is 10.0. The normalized spacial score (nSPS) is 12.6. The molecule has 31 heavy (non-hydrogen) atoms. The van der Waals surface area contributed by atoms with Gasteiger partial charge in [-0.25, -0.2) is 15.0 Å². The Morgan fingerprint density at radius 3 is 2.77 bits per heavy atom. The molecule has 3 heterocycles. The van der Waals surface area contributed by atoms with Crippen LogP contribution in [0.25, 0.3) is 11.2 Å². The molecule has 4 aromatic rings. The van der Waals surface area contributed by atoms with Crippen LogP contribution in [-0.2, 0) is 13.0 Å². The van der Waals surface area contributed by atoms with Gasteiger partial charge >= 0.3 is 0 Å². The fraction of sp³-hybridized carbons (Fsp3) is 0.227. The van der Waals surface area contributed by atoms with E-state index >= 15 is 0 Å². The second kappa shape index (κ2) is 8.05. The van der Waals surface area contributed by atoms with Crippen molar-refractivity contribution in [3.63, 3.8) is 0 Å². The molecule has 0 unspecified atom stereocenters. The number of anilines is 1. The van der Waals surface area contributed by atoms with Gasteiger partial charge in [0.15, 0.2) is 33.6 Å². The van der Waals surface area contributed by atoms with Crippen LogP contribution in [0.4, 0.5) is 5.82 Å². The second-order valence-corrected chi connectivity index (χ2v) is 9.26. The Bertz CT molecular complexity index is 1310. The summed E-state index contributed by atoms with van der Waals surface area (Å²) in [6, 6.07) is 10.4. The third-order valence-electron chi connectivity index (χ3n) is 5.26. The van der Waals surface area contributed by atoms with Crippen molar-refractivity contribution in [1.29, 1.82) is 0 Å². The Kier molecular flexibility index (Phi) is 5.23. The number of benzene rings is 2. The Labute approximate surface area is 192 Å². The molecule has 0 atom stereocenters. The maximum Gasteiger partial charge on any atom is 0.231 e. The number of aromatic nitrogens is 4. The van der Waals surface area contributed by atoms with Crippen LogP contribution < -0.4 is 15.2 Å². The summed E-state index contributed by atoms with van der Waals surface area (Å²) in [6.07, 6.45) is 2.34. The van der Waals surface area contributed by atoms with Gasteiger partial charge in [-0.05, 0) is 59.5 Å². The van der Waals surface area contributed by atoms with Gasteiger partial charge in [-0.15, -0.1) is 0 Å². The summed E-state index contributed by atoms with van der Waals surface area (Å²) in [5.74, 6) is 1.83. The van der Waals surface area contributed by atoms with E-state index in [0.29, 0.717) is 11.3 Å². The van der Waals surface area contributed by atoms with E-state index in [-0.39, 0.29) is 6.79 Å². The van der Waals surface area contributed by atoms with E-state index in [9.17, 15) is 0 Å². The highest BCUT2D eigenvalue weighted by Crippen LogP contribution is 2.43. The molecule has 1 aliphatic rings. The number of halogens is 1. The third-order valence-corrected chi connectivity index (χ3v) is 7.23. The fourth-order valence-electron chi connectivity index (χ4n) is 3.59. The average molecular weight is 498 g/mol. The van der Waals surface area contributed by atoms with Crippen LogP contribution in [0, 0.1) is 13.8 Å². The largest absolute Gasteiger partial charge is 0.454 e. The van der Waals surface area contributed by atoms with Crippen molar-refractivity contribution < 1.29 is 9.47 Å². The van der Waals surface area contributed by atoms with Gasteiger partial charge in [0.05, 0.1) is 0 Å². The van der Waals surface area contributed by atoms with Gasteiger partial charge in [0, 0.05) is 15.9 Å². The van der Waals surface area contributed by atoms with Gasteiger partial charge in [-0.3, -0.25) is 0 Å². The van der Waals surface area contributed by atoms with Gasteiger partial charge in [0.1, 0.15) is 6.33 Å². The number of nitrogens with two attached hydrogens (primary N) is 1. The lowest BCUT2D eigenvalue weighted by Crippen LogP contribution is -2.05. The first-order valence-electron chi connectivity index (χ1n) is 9.79. The number of ether oxygens (including phenoxy) is 2. The molecule has 2 aromatic heterocycles. The van der Waals surface area contributed by atoms with Crippen molar-refractivity contribution in [2.24, 2.45) is 0 Å². The molecule has 0 amide bonds. The molecule has 0 bridgehead atoms. The Morgan fingerprint density at radius 1 is 1.13 bits per heavy atom. The molecule has 0 saturated heterocycles. The summed E-state index contributed by atoms with van der Waals surface area (Å²) < 4.78 is 14.0. The van der Waals surface area contributed by atoms with E-state index < -0.39 is 0 Å². The van der Waals surface area contributed by atoms with Crippen molar-refractivity contribution in [1.82, 2.24) is 19.5 Å². The number of nitrogens with zero attached hydrogens (tertiary/aromatic N) is 4. The molecule has 0 spiro atoms. The van der Waals surface area contributed by atoms with Crippen LogP contribution in [-0.4, -0.2) is 26.3 Å². The standard InChI is InChI=1S/C22H20BrN5O2S/c1-12-3-4-13(2)14(7-12)5-6-28-21-19(20(24)25-10-26-21)27-22(28)31-18-9-17-16(8-15(18)23)29-11-30-17/h3-4,7-10H,5-6,11H2,1-2H3,(H2,24,25,26). The maximum absolute atomic E-state index is 6.10. The molecule has 0 fully saturated rings. The number of imidazole rings is 1. The maximum atomic E-state index is 6.10. The summed E-state index contributed by atoms with van der Waals surface area (Å²) in [6.45, 7) is 5.21. The van der Waals surface area contributed by atoms with Gasteiger partial charge in [0.2, 0.25) is 6.79 Å². The zero-order valence-electron chi connectivity index (χ0n) is 17.1. The topological polar surface area (TPSA) is 88.1 Å². The summed E-state index contributed by atoms with van der Waals surface area (Å²) in [5, 5.41) is 0.798. The molecular weight excluding hydrogens is 478 g/mol. The number of rotatable bonds is 5. The van der Waals surface area contributed by atoms with Crippen molar-refractivity contribution in [3.05, 3.63) is 57.8 Å². The second-order valence-electron chi connectivity index (χ2n) is 7.40. The number of aryl methyl sites for hydroxylation is 4. The molecule has 9 heteroatoms. The van der Waals surface area contributed by atoms with E-state index in [2.05, 4.69) is 62.5 Å². The molecule has 158 valence electrons. The van der Waals surface area contributed by atoms with Crippen molar-refractivity contribution >= 4 is 44.7 Å². The first-order chi connectivity index (χ1) is 15.0. The number of hydrogen-bond acceptors (Lipinski definition) is 7. The highest BCUT2D eigenvalue weighted by molar-refractivity contribution is 9.10. The van der Waals surface area contributed by atoms with E-state index in [1.807, 2.05) is 12.1 Å². The van der Waals surface area contributed by atoms with Crippen molar-refractivity contribution in [2.45, 2.75) is 36.9 Å². The third kappa shape index (κ3) is 3.83. The highest BCUT2D eigenvalue weighted by atomic mass is 79.9. The molecule has 0 saturated carbocycles. The number of fused-ring (bicyclic) bond motifs is 2. The van der Waals surface area contributed by atoms with Gasteiger partial charge in [0.25, 0.3) is 0 Å². The first kappa shape index (κ1) is 20.1. The smallest absolute Gasteiger partial charge is 0.231 e. The predicted molar refractivity (Wildman–Crippen MR) is 124 cm³/mol. The van der Waals surface area contributed by atoms with E-state index in [1.54, 1.807) is 0 Å². The molecule has 2 N–H and O–H groups in total. The minimum absolute atomic E-state index is 0.233. The lowest BCUT2D eigenvalue weighted by molar-refractivity contribution is 0.174. The zero-order chi connectivity index (χ0) is 21.5. The van der Waals surface area contributed by atoms with Gasteiger partial charge in [-0.1, -0.05) is 35.5 Å². The van der Waals surface area contributed by atoms with Gasteiger partial charge in [-0.2, -0.15) is 0 Å². The first-order valence-corrected chi connectivity index (χ1v) is 11.4. The molecule has 0 radical (unpaired) electrons. The van der Waals surface area contributed by atoms with Crippen molar-refractivity contribution in [3.8, 4) is 11.5 Å². The quantitative estimate of drug-likeness (QED) is 0.418. The summed E-state index contributed by atoms with van der Waals surface area (Å²) >= 11 is 5.17. The van der Waals surface area contributed by atoms with Crippen LogP contribution in [0.2, 0.25) is 0 Å². The van der Waals surface area contributed by atoms with Crippen LogP contribution in [0.3, 0.4) is 0 Å². The van der Waals surface area contributed by atoms with Crippen LogP contribution in [0.5, 0.6) is 11.5 Å². The molecule has 7 nitrogen and oxygen atoms in total. The van der Waals surface area contributed by atoms with E-state index in [0.717, 1.165) is 44.6 Å². The van der Waals surface area contributed by atoms with Crippen LogP contribution in [0.15, 0.2) is 51.2 Å². The van der Waals surface area contributed by atoms with Crippen LogP contribution in [0.1, 0.15) is 16.7 Å². The molecule has 5 rings (SSSR count). The molecular formula is C22H20BrN5O2S. The van der Waals surface area contributed by atoms with Crippen molar-refractivity contribution in [2.75, 3.05) is 12.5 Å². The Balaban J connectivity index is 1.53. The van der Waals surface area contributed by atoms with Crippen LogP contribution >= 0.6 is 27.7 Å². The molecule has 2 aromatic carbocycles. The molecule has 0 aliphatic carbocycles.